The minimum Gasteiger partial charge on any atom is -0.465 e. The zero-order chi connectivity index (χ0) is 16.3. The molecule has 0 saturated carbocycles. The van der Waals surface area contributed by atoms with Gasteiger partial charge in [-0.05, 0) is 37.0 Å². The van der Waals surface area contributed by atoms with Crippen molar-refractivity contribution in [2.45, 2.75) is 31.5 Å². The van der Waals surface area contributed by atoms with Crippen molar-refractivity contribution in [3.8, 4) is 6.07 Å². The van der Waals surface area contributed by atoms with Gasteiger partial charge in [-0.2, -0.15) is 18.4 Å². The second-order valence-corrected chi connectivity index (χ2v) is 5.38. The van der Waals surface area contributed by atoms with Crippen LogP contribution >= 0.6 is 0 Å². The van der Waals surface area contributed by atoms with E-state index in [9.17, 15) is 23.1 Å². The molecule has 2 unspecified atom stereocenters. The van der Waals surface area contributed by atoms with Crippen molar-refractivity contribution in [1.29, 1.82) is 5.26 Å². The summed E-state index contributed by atoms with van der Waals surface area (Å²) in [7, 11) is 0. The summed E-state index contributed by atoms with van der Waals surface area (Å²) in [5.74, 6) is -0.213. The Morgan fingerprint density at radius 3 is 2.50 bits per heavy atom. The quantitative estimate of drug-likeness (QED) is 0.908. The molecule has 4 nitrogen and oxygen atoms in total. The molecule has 2 atom stereocenters. The lowest BCUT2D eigenvalue weighted by molar-refractivity contribution is -0.137. The predicted octanol–water partition coefficient (Wildman–Crippen LogP) is 3.53. The number of nitriles is 1. The highest BCUT2D eigenvalue weighted by Crippen LogP contribution is 2.30. The van der Waals surface area contributed by atoms with Crippen LogP contribution < -0.4 is 0 Å². The van der Waals surface area contributed by atoms with E-state index in [0.29, 0.717) is 24.8 Å². The van der Waals surface area contributed by atoms with Crippen LogP contribution in [-0.2, 0) is 12.6 Å². The van der Waals surface area contributed by atoms with Crippen LogP contribution in [0.2, 0.25) is 0 Å². The molecule has 22 heavy (non-hydrogen) atoms. The summed E-state index contributed by atoms with van der Waals surface area (Å²) in [5.41, 5.74) is -0.104. The Bertz CT molecular complexity index is 578. The largest absolute Gasteiger partial charge is 0.465 e. The van der Waals surface area contributed by atoms with Crippen molar-refractivity contribution in [3.05, 3.63) is 35.4 Å². The smallest absolute Gasteiger partial charge is 0.416 e. The molecule has 0 bridgehead atoms. The minimum atomic E-state index is -4.39. The number of carboxylic acid groups (broad SMARTS) is 1. The van der Waals surface area contributed by atoms with Crippen molar-refractivity contribution in [2.75, 3.05) is 6.54 Å². The average molecular weight is 312 g/mol. The van der Waals surface area contributed by atoms with Gasteiger partial charge in [-0.1, -0.05) is 12.1 Å². The number of benzene rings is 1. The fourth-order valence-electron chi connectivity index (χ4n) is 2.72. The molecule has 1 heterocycles. The standard InChI is InChI=1S/C15H15F3N2O2/c16-15(17,18)12-3-1-10(2-4-12)7-13-8-11(9-19)5-6-20(13)14(21)22/h1-4,11,13H,5-8H2,(H,21,22). The van der Waals surface area contributed by atoms with Crippen LogP contribution in [0.25, 0.3) is 0 Å². The van der Waals surface area contributed by atoms with Gasteiger partial charge in [-0.3, -0.25) is 0 Å². The summed E-state index contributed by atoms with van der Waals surface area (Å²) in [6.45, 7) is 0.277. The highest BCUT2D eigenvalue weighted by Gasteiger charge is 2.32. The van der Waals surface area contributed by atoms with Crippen LogP contribution in [0.3, 0.4) is 0 Å². The van der Waals surface area contributed by atoms with Gasteiger partial charge in [-0.25, -0.2) is 4.79 Å². The SMILES string of the molecule is N#CC1CCN(C(=O)O)C(Cc2ccc(C(F)(F)F)cc2)C1. The zero-order valence-corrected chi connectivity index (χ0v) is 11.7. The third kappa shape index (κ3) is 3.70. The highest BCUT2D eigenvalue weighted by molar-refractivity contribution is 5.65. The highest BCUT2D eigenvalue weighted by atomic mass is 19.4. The molecular weight excluding hydrogens is 297 g/mol. The van der Waals surface area contributed by atoms with E-state index in [-0.39, 0.29) is 18.5 Å². The number of hydrogen-bond acceptors (Lipinski definition) is 2. The zero-order valence-electron chi connectivity index (χ0n) is 11.7. The van der Waals surface area contributed by atoms with Crippen molar-refractivity contribution >= 4 is 6.09 Å². The predicted molar refractivity (Wildman–Crippen MR) is 72.0 cm³/mol. The van der Waals surface area contributed by atoms with Gasteiger partial charge in [0.1, 0.15) is 0 Å². The van der Waals surface area contributed by atoms with Crippen LogP contribution in [0.1, 0.15) is 24.0 Å². The fourth-order valence-corrected chi connectivity index (χ4v) is 2.72. The molecule has 0 spiro atoms. The summed E-state index contributed by atoms with van der Waals surface area (Å²) in [5, 5.41) is 18.2. The van der Waals surface area contributed by atoms with Crippen molar-refractivity contribution in [3.63, 3.8) is 0 Å². The first-order chi connectivity index (χ1) is 10.3. The first-order valence-electron chi connectivity index (χ1n) is 6.86. The van der Waals surface area contributed by atoms with Crippen LogP contribution in [0.5, 0.6) is 0 Å². The molecule has 0 aromatic heterocycles. The molecule has 118 valence electrons. The monoisotopic (exact) mass is 312 g/mol. The number of piperidine rings is 1. The van der Waals surface area contributed by atoms with Crippen molar-refractivity contribution < 1.29 is 23.1 Å². The molecule has 1 aromatic carbocycles. The maximum Gasteiger partial charge on any atom is 0.416 e. The van der Waals surface area contributed by atoms with Crippen LogP contribution in [0.4, 0.5) is 18.0 Å². The molecule has 1 aliphatic heterocycles. The number of alkyl halides is 3. The Kier molecular flexibility index (Phi) is 4.59. The number of amides is 1. The van der Waals surface area contributed by atoms with E-state index in [2.05, 4.69) is 6.07 Å². The lowest BCUT2D eigenvalue weighted by Crippen LogP contribution is -2.46. The molecule has 0 aliphatic carbocycles. The first-order valence-corrected chi connectivity index (χ1v) is 6.86. The number of nitrogens with zero attached hydrogens (tertiary/aromatic N) is 2. The van der Waals surface area contributed by atoms with E-state index in [1.54, 1.807) is 0 Å². The van der Waals surface area contributed by atoms with Crippen molar-refractivity contribution in [1.82, 2.24) is 4.90 Å². The molecule has 2 rings (SSSR count). The molecule has 1 fully saturated rings. The van der Waals surface area contributed by atoms with E-state index in [1.807, 2.05) is 0 Å². The van der Waals surface area contributed by atoms with E-state index < -0.39 is 17.8 Å². The van der Waals surface area contributed by atoms with Gasteiger partial charge in [0.2, 0.25) is 0 Å². The first kappa shape index (κ1) is 16.1. The van der Waals surface area contributed by atoms with Crippen LogP contribution in [0.15, 0.2) is 24.3 Å². The molecule has 1 aromatic rings. The number of halogens is 3. The molecule has 0 radical (unpaired) electrons. The Hall–Kier alpha value is -2.23. The second-order valence-electron chi connectivity index (χ2n) is 5.38. The second kappa shape index (κ2) is 6.26. The van der Waals surface area contributed by atoms with Gasteiger partial charge >= 0.3 is 12.3 Å². The Morgan fingerprint density at radius 1 is 1.36 bits per heavy atom. The maximum absolute atomic E-state index is 12.5. The number of hydrogen-bond donors (Lipinski definition) is 1. The molecule has 1 aliphatic rings. The molecule has 1 saturated heterocycles. The van der Waals surface area contributed by atoms with Crippen LogP contribution in [0, 0.1) is 17.2 Å². The Morgan fingerprint density at radius 2 is 2.00 bits per heavy atom. The third-order valence-electron chi connectivity index (χ3n) is 3.90. The maximum atomic E-state index is 12.5. The lowest BCUT2D eigenvalue weighted by Gasteiger charge is -2.35. The van der Waals surface area contributed by atoms with Gasteiger partial charge in [0.25, 0.3) is 0 Å². The minimum absolute atomic E-state index is 0.213. The van der Waals surface area contributed by atoms with E-state index in [0.717, 1.165) is 12.1 Å². The van der Waals surface area contributed by atoms with Gasteiger partial charge < -0.3 is 10.0 Å². The van der Waals surface area contributed by atoms with Gasteiger partial charge in [0.15, 0.2) is 0 Å². The van der Waals surface area contributed by atoms with Gasteiger partial charge in [0, 0.05) is 18.5 Å². The van der Waals surface area contributed by atoms with Crippen molar-refractivity contribution in [2.24, 2.45) is 5.92 Å². The summed E-state index contributed by atoms with van der Waals surface area (Å²) in [4.78, 5) is 12.5. The Balaban J connectivity index is 2.12. The van der Waals surface area contributed by atoms with E-state index in [4.69, 9.17) is 5.26 Å². The number of likely N-dealkylation sites (tertiary alicyclic amines) is 1. The topological polar surface area (TPSA) is 64.3 Å². The van der Waals surface area contributed by atoms with E-state index in [1.165, 1.54) is 17.0 Å². The molecule has 7 heteroatoms. The third-order valence-corrected chi connectivity index (χ3v) is 3.90. The molecular formula is C15H15F3N2O2. The van der Waals surface area contributed by atoms with Gasteiger partial charge in [-0.15, -0.1) is 0 Å². The van der Waals surface area contributed by atoms with Crippen LogP contribution in [-0.4, -0.2) is 28.7 Å². The fraction of sp³-hybridized carbons (Fsp3) is 0.467. The number of carbonyl (C=O) groups is 1. The Labute approximate surface area is 125 Å². The molecule has 1 N–H and O–H groups in total. The van der Waals surface area contributed by atoms with Gasteiger partial charge in [0.05, 0.1) is 11.6 Å². The number of rotatable bonds is 2. The summed E-state index contributed by atoms with van der Waals surface area (Å²) in [6.07, 6.45) is -4.24. The molecule has 1 amide bonds. The lowest BCUT2D eigenvalue weighted by atomic mass is 9.88. The average Bonchev–Trinajstić information content (AvgIpc) is 2.46. The summed E-state index contributed by atoms with van der Waals surface area (Å²) in [6, 6.07) is 6.46. The normalized spacial score (nSPS) is 22.2. The summed E-state index contributed by atoms with van der Waals surface area (Å²) < 4.78 is 37.6. The van der Waals surface area contributed by atoms with E-state index >= 15 is 0 Å². The summed E-state index contributed by atoms with van der Waals surface area (Å²) >= 11 is 0.